The van der Waals surface area contributed by atoms with Gasteiger partial charge in [-0.1, -0.05) is 18.7 Å². The molecule has 6 nitrogen and oxygen atoms in total. The fraction of sp³-hybridized carbons (Fsp3) is 0.545. The van der Waals surface area contributed by atoms with Crippen molar-refractivity contribution in [3.8, 4) is 0 Å². The maximum Gasteiger partial charge on any atom is 0.191 e. The minimum absolute atomic E-state index is 0.0698. The first-order valence-electron chi connectivity index (χ1n) is 6.08. The number of thioether (sulfide) groups is 1. The van der Waals surface area contributed by atoms with Crippen molar-refractivity contribution in [2.45, 2.75) is 38.2 Å². The zero-order valence-electron chi connectivity index (χ0n) is 10.7. The van der Waals surface area contributed by atoms with Crippen molar-refractivity contribution >= 4 is 27.7 Å². The Labute approximate surface area is 124 Å². The molecule has 0 fully saturated rings. The van der Waals surface area contributed by atoms with E-state index >= 15 is 0 Å². The Bertz CT molecular complexity index is 527. The minimum atomic E-state index is -0.0698. The molecule has 0 saturated carbocycles. The monoisotopic (exact) mass is 345 g/mol. The summed E-state index contributed by atoms with van der Waals surface area (Å²) in [5, 5.41) is 22.4. The van der Waals surface area contributed by atoms with Gasteiger partial charge in [-0.2, -0.15) is 5.10 Å². The summed E-state index contributed by atoms with van der Waals surface area (Å²) in [6.07, 6.45) is 4.70. The molecule has 19 heavy (non-hydrogen) atoms. The predicted octanol–water partition coefficient (Wildman–Crippen LogP) is 1.93. The third kappa shape index (κ3) is 3.80. The highest BCUT2D eigenvalue weighted by Gasteiger charge is 2.10. The second-order valence-corrected chi connectivity index (χ2v) is 5.96. The maximum absolute atomic E-state index is 9.21. The molecule has 0 atom stereocenters. The van der Waals surface area contributed by atoms with Crippen molar-refractivity contribution in [3.63, 3.8) is 0 Å². The Hall–Kier alpha value is -0.860. The summed E-state index contributed by atoms with van der Waals surface area (Å²) in [7, 11) is 0. The van der Waals surface area contributed by atoms with Gasteiger partial charge < -0.3 is 9.67 Å². The molecule has 0 saturated heterocycles. The predicted molar refractivity (Wildman–Crippen MR) is 76.9 cm³/mol. The molecule has 2 rings (SSSR count). The van der Waals surface area contributed by atoms with Gasteiger partial charge in [0.05, 0.1) is 17.2 Å². The van der Waals surface area contributed by atoms with Crippen molar-refractivity contribution in [2.75, 3.05) is 5.75 Å². The maximum atomic E-state index is 9.21. The highest BCUT2D eigenvalue weighted by atomic mass is 79.9. The molecular formula is C11H16BrN5OS. The first kappa shape index (κ1) is 14.5. The number of aliphatic hydroxyl groups excluding tert-OH is 1. The van der Waals surface area contributed by atoms with Crippen LogP contribution in [0.3, 0.4) is 0 Å². The van der Waals surface area contributed by atoms with Crippen molar-refractivity contribution in [3.05, 3.63) is 22.7 Å². The van der Waals surface area contributed by atoms with Gasteiger partial charge in [0.25, 0.3) is 0 Å². The van der Waals surface area contributed by atoms with Crippen LogP contribution in [0.4, 0.5) is 0 Å². The van der Waals surface area contributed by atoms with Gasteiger partial charge in [-0.05, 0) is 22.4 Å². The Morgan fingerprint density at radius 3 is 2.84 bits per heavy atom. The number of nitrogens with zero attached hydrogens (tertiary/aromatic N) is 5. The summed E-state index contributed by atoms with van der Waals surface area (Å²) in [4.78, 5) is 0. The standard InChI is InChI=1S/C11H16BrN5OS/c1-2-3-17-10(8-18)14-15-11(17)19-5-4-16-7-9(12)6-13-16/h6-7,18H,2-5,8H2,1H3. The number of aromatic nitrogens is 5. The van der Waals surface area contributed by atoms with E-state index in [1.807, 2.05) is 15.4 Å². The van der Waals surface area contributed by atoms with E-state index in [1.54, 1.807) is 18.0 Å². The lowest BCUT2D eigenvalue weighted by molar-refractivity contribution is 0.263. The number of hydrogen-bond acceptors (Lipinski definition) is 5. The average Bonchev–Trinajstić information content (AvgIpc) is 2.98. The number of aliphatic hydroxyl groups is 1. The molecular weight excluding hydrogens is 330 g/mol. The highest BCUT2D eigenvalue weighted by Crippen LogP contribution is 2.18. The highest BCUT2D eigenvalue weighted by molar-refractivity contribution is 9.10. The lowest BCUT2D eigenvalue weighted by Gasteiger charge is -2.07. The summed E-state index contributed by atoms with van der Waals surface area (Å²) in [5.74, 6) is 1.49. The van der Waals surface area contributed by atoms with Crippen LogP contribution in [0.15, 0.2) is 22.0 Å². The third-order valence-electron chi connectivity index (χ3n) is 2.54. The average molecular weight is 346 g/mol. The Balaban J connectivity index is 1.93. The van der Waals surface area contributed by atoms with Gasteiger partial charge in [0.1, 0.15) is 6.61 Å². The first-order valence-corrected chi connectivity index (χ1v) is 7.86. The van der Waals surface area contributed by atoms with E-state index in [9.17, 15) is 5.11 Å². The van der Waals surface area contributed by atoms with Gasteiger partial charge >= 0.3 is 0 Å². The van der Waals surface area contributed by atoms with Gasteiger partial charge in [0.2, 0.25) is 0 Å². The molecule has 8 heteroatoms. The van der Waals surface area contributed by atoms with Crippen molar-refractivity contribution < 1.29 is 5.11 Å². The molecule has 0 aliphatic carbocycles. The van der Waals surface area contributed by atoms with Crippen molar-refractivity contribution in [1.82, 2.24) is 24.5 Å². The second-order valence-electron chi connectivity index (χ2n) is 3.98. The smallest absolute Gasteiger partial charge is 0.191 e. The Morgan fingerprint density at radius 2 is 2.21 bits per heavy atom. The number of halogens is 1. The van der Waals surface area contributed by atoms with Crippen LogP contribution < -0.4 is 0 Å². The van der Waals surface area contributed by atoms with Crippen LogP contribution in [-0.2, 0) is 19.7 Å². The first-order chi connectivity index (χ1) is 9.24. The van der Waals surface area contributed by atoms with Crippen molar-refractivity contribution in [2.24, 2.45) is 0 Å². The molecule has 0 spiro atoms. The van der Waals surface area contributed by atoms with Crippen molar-refractivity contribution in [1.29, 1.82) is 0 Å². The Kier molecular flexibility index (Phi) is 5.41. The molecule has 0 amide bonds. The molecule has 2 aromatic heterocycles. The third-order valence-corrected chi connectivity index (χ3v) is 3.89. The molecule has 0 radical (unpaired) electrons. The van der Waals surface area contributed by atoms with E-state index in [4.69, 9.17) is 0 Å². The SMILES string of the molecule is CCCn1c(CO)nnc1SCCn1cc(Br)cn1. The molecule has 0 aliphatic heterocycles. The number of rotatable bonds is 7. The van der Waals surface area contributed by atoms with Crippen LogP contribution in [0, 0.1) is 0 Å². The summed E-state index contributed by atoms with van der Waals surface area (Å²) >= 11 is 5.00. The van der Waals surface area contributed by atoms with Crippen LogP contribution in [0.2, 0.25) is 0 Å². The lowest BCUT2D eigenvalue weighted by atomic mass is 10.4. The summed E-state index contributed by atoms with van der Waals surface area (Å²) in [5.41, 5.74) is 0. The largest absolute Gasteiger partial charge is 0.388 e. The fourth-order valence-electron chi connectivity index (χ4n) is 1.68. The zero-order chi connectivity index (χ0) is 13.7. The van der Waals surface area contributed by atoms with Crippen LogP contribution in [0.1, 0.15) is 19.2 Å². The molecule has 2 aromatic rings. The normalized spacial score (nSPS) is 11.1. The summed E-state index contributed by atoms with van der Waals surface area (Å²) in [6.45, 7) is 3.67. The van der Waals surface area contributed by atoms with E-state index in [1.165, 1.54) is 0 Å². The second kappa shape index (κ2) is 7.06. The lowest BCUT2D eigenvalue weighted by Crippen LogP contribution is -2.06. The molecule has 0 aliphatic rings. The van der Waals surface area contributed by atoms with Crippen LogP contribution in [-0.4, -0.2) is 35.4 Å². The van der Waals surface area contributed by atoms with Gasteiger partial charge in [0.15, 0.2) is 11.0 Å². The molecule has 2 heterocycles. The Morgan fingerprint density at radius 1 is 1.37 bits per heavy atom. The molecule has 0 bridgehead atoms. The quantitative estimate of drug-likeness (QED) is 0.776. The van der Waals surface area contributed by atoms with E-state index in [2.05, 4.69) is 38.1 Å². The van der Waals surface area contributed by atoms with Gasteiger partial charge in [-0.15, -0.1) is 10.2 Å². The van der Waals surface area contributed by atoms with E-state index in [0.717, 1.165) is 34.9 Å². The van der Waals surface area contributed by atoms with Gasteiger partial charge in [-0.3, -0.25) is 4.68 Å². The zero-order valence-corrected chi connectivity index (χ0v) is 13.1. The van der Waals surface area contributed by atoms with E-state index in [0.29, 0.717) is 5.82 Å². The summed E-state index contributed by atoms with van der Waals surface area (Å²) in [6, 6.07) is 0. The summed E-state index contributed by atoms with van der Waals surface area (Å²) < 4.78 is 4.84. The molecule has 0 aromatic carbocycles. The number of hydrogen-bond donors (Lipinski definition) is 1. The van der Waals surface area contributed by atoms with Gasteiger partial charge in [0, 0.05) is 18.5 Å². The van der Waals surface area contributed by atoms with E-state index in [-0.39, 0.29) is 6.61 Å². The molecule has 0 unspecified atom stereocenters. The van der Waals surface area contributed by atoms with E-state index < -0.39 is 0 Å². The number of aryl methyl sites for hydroxylation is 1. The topological polar surface area (TPSA) is 68.8 Å². The van der Waals surface area contributed by atoms with Crippen LogP contribution in [0.25, 0.3) is 0 Å². The molecule has 104 valence electrons. The minimum Gasteiger partial charge on any atom is -0.388 e. The van der Waals surface area contributed by atoms with Crippen LogP contribution in [0.5, 0.6) is 0 Å². The van der Waals surface area contributed by atoms with Gasteiger partial charge in [-0.25, -0.2) is 0 Å². The fourth-order valence-corrected chi connectivity index (χ4v) is 2.92. The molecule has 1 N–H and O–H groups in total. The van der Waals surface area contributed by atoms with Crippen LogP contribution >= 0.6 is 27.7 Å².